The summed E-state index contributed by atoms with van der Waals surface area (Å²) in [5.41, 5.74) is 7.23. The van der Waals surface area contributed by atoms with Crippen molar-refractivity contribution in [2.45, 2.75) is 6.54 Å². The van der Waals surface area contributed by atoms with Crippen molar-refractivity contribution in [1.29, 1.82) is 0 Å². The van der Waals surface area contributed by atoms with E-state index in [-0.39, 0.29) is 0 Å². The lowest BCUT2D eigenvalue weighted by Gasteiger charge is -2.32. The lowest BCUT2D eigenvalue weighted by Crippen LogP contribution is -2.50. The monoisotopic (exact) mass is 364 g/mol. The number of thiazole rings is 1. The lowest BCUT2D eigenvalue weighted by molar-refractivity contribution is 0.102. The van der Waals surface area contributed by atoms with E-state index in [2.05, 4.69) is 75.9 Å². The Morgan fingerprint density at radius 1 is 0.885 bits per heavy atom. The molecule has 0 amide bonds. The first-order valence-electron chi connectivity index (χ1n) is 9.05. The summed E-state index contributed by atoms with van der Waals surface area (Å²) < 4.78 is 0. The number of hydrogen-bond acceptors (Lipinski definition) is 5. The maximum absolute atomic E-state index is 4.59. The smallest absolute Gasteiger partial charge is 0.108 e. The zero-order valence-corrected chi connectivity index (χ0v) is 15.9. The molecule has 2 aromatic carbocycles. The van der Waals surface area contributed by atoms with Crippen LogP contribution in [0, 0.1) is 0 Å². The molecule has 1 aliphatic heterocycles. The number of likely N-dealkylation sites (N-methyl/N-ethyl adjacent to an activating group) is 1. The van der Waals surface area contributed by atoms with Crippen LogP contribution in [0.4, 0.5) is 0 Å². The van der Waals surface area contributed by atoms with E-state index in [1.165, 1.54) is 21.6 Å². The van der Waals surface area contributed by atoms with Crippen molar-refractivity contribution in [3.05, 3.63) is 65.8 Å². The minimum atomic E-state index is 0.802. The quantitative estimate of drug-likeness (QED) is 0.747. The second-order valence-electron chi connectivity index (χ2n) is 6.69. The van der Waals surface area contributed by atoms with Gasteiger partial charge in [-0.05, 0) is 23.7 Å². The first-order valence-corrected chi connectivity index (χ1v) is 9.87. The first-order chi connectivity index (χ1) is 12.8. The summed E-state index contributed by atoms with van der Waals surface area (Å²) in [5, 5.41) is 3.43. The summed E-state index contributed by atoms with van der Waals surface area (Å²) in [4.78, 5) is 8.17. The average Bonchev–Trinajstić information content (AvgIpc) is 3.17. The highest BCUT2D eigenvalue weighted by molar-refractivity contribution is 7.15. The van der Waals surface area contributed by atoms with E-state index in [4.69, 9.17) is 0 Å². The third-order valence-corrected chi connectivity index (χ3v) is 5.83. The molecule has 4 nitrogen and oxygen atoms in total. The number of hydrazine groups is 1. The van der Waals surface area contributed by atoms with Crippen LogP contribution in [-0.2, 0) is 6.54 Å². The number of benzene rings is 2. The van der Waals surface area contributed by atoms with Crippen molar-refractivity contribution < 1.29 is 0 Å². The molecule has 1 fully saturated rings. The van der Waals surface area contributed by atoms with Crippen LogP contribution in [0.2, 0.25) is 0 Å². The molecule has 0 atom stereocenters. The third kappa shape index (κ3) is 4.19. The Hall–Kier alpha value is -2.05. The van der Waals surface area contributed by atoms with Gasteiger partial charge in [0.15, 0.2) is 0 Å². The van der Waals surface area contributed by atoms with Crippen LogP contribution >= 0.6 is 11.3 Å². The Labute approximate surface area is 159 Å². The Kier molecular flexibility index (Phi) is 5.41. The minimum absolute atomic E-state index is 0.802. The van der Waals surface area contributed by atoms with Gasteiger partial charge < -0.3 is 4.90 Å². The van der Waals surface area contributed by atoms with E-state index in [0.717, 1.165) is 37.7 Å². The van der Waals surface area contributed by atoms with E-state index < -0.39 is 0 Å². The molecule has 1 aliphatic rings. The highest BCUT2D eigenvalue weighted by Gasteiger charge is 2.13. The van der Waals surface area contributed by atoms with Crippen LogP contribution < -0.4 is 5.43 Å². The predicted molar refractivity (Wildman–Crippen MR) is 109 cm³/mol. The normalized spacial score (nSPS) is 16.0. The van der Waals surface area contributed by atoms with Gasteiger partial charge in [-0.15, -0.1) is 11.3 Å². The van der Waals surface area contributed by atoms with Crippen LogP contribution in [0.5, 0.6) is 0 Å². The highest BCUT2D eigenvalue weighted by atomic mass is 32.1. The molecule has 1 aromatic heterocycles. The molecule has 134 valence electrons. The second-order valence-corrected chi connectivity index (χ2v) is 7.80. The van der Waals surface area contributed by atoms with E-state index >= 15 is 0 Å². The Bertz CT molecular complexity index is 821. The average molecular weight is 365 g/mol. The predicted octanol–water partition coefficient (Wildman–Crippen LogP) is 3.73. The van der Waals surface area contributed by atoms with Crippen LogP contribution in [0.3, 0.4) is 0 Å². The molecule has 0 saturated carbocycles. The topological polar surface area (TPSA) is 31.4 Å². The number of rotatable bonds is 5. The largest absolute Gasteiger partial charge is 0.304 e. The van der Waals surface area contributed by atoms with Gasteiger partial charge in [0.05, 0.1) is 11.4 Å². The zero-order valence-electron chi connectivity index (χ0n) is 15.1. The van der Waals surface area contributed by atoms with Gasteiger partial charge in [-0.2, -0.15) is 0 Å². The number of aromatic nitrogens is 1. The van der Waals surface area contributed by atoms with Gasteiger partial charge in [0, 0.05) is 32.4 Å². The molecule has 3 aromatic rings. The molecule has 1 saturated heterocycles. The van der Waals surface area contributed by atoms with Gasteiger partial charge in [0.2, 0.25) is 0 Å². The summed E-state index contributed by atoms with van der Waals surface area (Å²) in [6.45, 7) is 5.16. The molecule has 2 heterocycles. The van der Waals surface area contributed by atoms with E-state index in [9.17, 15) is 0 Å². The molecule has 1 N–H and O–H groups in total. The van der Waals surface area contributed by atoms with Crippen LogP contribution in [0.1, 0.15) is 5.01 Å². The molecule has 0 radical (unpaired) electrons. The Morgan fingerprint density at radius 3 is 2.27 bits per heavy atom. The van der Waals surface area contributed by atoms with Crippen LogP contribution in [0.25, 0.3) is 21.6 Å². The van der Waals surface area contributed by atoms with Gasteiger partial charge in [0.1, 0.15) is 5.01 Å². The summed E-state index contributed by atoms with van der Waals surface area (Å²) in [7, 11) is 2.17. The van der Waals surface area contributed by atoms with Crippen LogP contribution in [-0.4, -0.2) is 48.1 Å². The van der Waals surface area contributed by atoms with Crippen molar-refractivity contribution in [1.82, 2.24) is 20.3 Å². The van der Waals surface area contributed by atoms with Crippen molar-refractivity contribution in [3.8, 4) is 21.6 Å². The van der Waals surface area contributed by atoms with Gasteiger partial charge >= 0.3 is 0 Å². The maximum atomic E-state index is 4.59. The zero-order chi connectivity index (χ0) is 17.8. The van der Waals surface area contributed by atoms with E-state index in [0.29, 0.717) is 0 Å². The summed E-state index contributed by atoms with van der Waals surface area (Å²) in [6.07, 6.45) is 1.99. The number of piperazine rings is 1. The fourth-order valence-electron chi connectivity index (χ4n) is 3.13. The van der Waals surface area contributed by atoms with Gasteiger partial charge in [0.25, 0.3) is 0 Å². The lowest BCUT2D eigenvalue weighted by atomic mass is 10.0. The SMILES string of the molecule is CN1CCN(NCc2ncc(-c3ccc(-c4ccccc4)cc3)s2)CC1. The molecule has 26 heavy (non-hydrogen) atoms. The Balaban J connectivity index is 1.38. The summed E-state index contributed by atoms with van der Waals surface area (Å²) in [6, 6.07) is 19.2. The molecule has 4 rings (SSSR count). The number of nitrogens with zero attached hydrogens (tertiary/aromatic N) is 3. The summed E-state index contributed by atoms with van der Waals surface area (Å²) >= 11 is 1.77. The molecule has 0 unspecified atom stereocenters. The van der Waals surface area contributed by atoms with Gasteiger partial charge in [-0.25, -0.2) is 15.4 Å². The van der Waals surface area contributed by atoms with Gasteiger partial charge in [-0.3, -0.25) is 0 Å². The first kappa shape index (κ1) is 17.4. The number of hydrogen-bond donors (Lipinski definition) is 1. The van der Waals surface area contributed by atoms with Crippen molar-refractivity contribution >= 4 is 11.3 Å². The number of nitrogens with one attached hydrogen (secondary N) is 1. The van der Waals surface area contributed by atoms with E-state index in [1.807, 2.05) is 12.3 Å². The third-order valence-electron chi connectivity index (χ3n) is 4.79. The summed E-state index contributed by atoms with van der Waals surface area (Å²) in [5.74, 6) is 0. The highest BCUT2D eigenvalue weighted by Crippen LogP contribution is 2.28. The fourth-order valence-corrected chi connectivity index (χ4v) is 3.98. The fraction of sp³-hybridized carbons (Fsp3) is 0.286. The second kappa shape index (κ2) is 8.10. The molecular weight excluding hydrogens is 340 g/mol. The minimum Gasteiger partial charge on any atom is -0.304 e. The van der Waals surface area contributed by atoms with Gasteiger partial charge in [-0.1, -0.05) is 54.6 Å². The maximum Gasteiger partial charge on any atom is 0.108 e. The van der Waals surface area contributed by atoms with Crippen molar-refractivity contribution in [3.63, 3.8) is 0 Å². The molecular formula is C21H24N4S. The molecule has 0 spiro atoms. The molecule has 5 heteroatoms. The van der Waals surface area contributed by atoms with Crippen LogP contribution in [0.15, 0.2) is 60.8 Å². The molecule has 0 aliphatic carbocycles. The van der Waals surface area contributed by atoms with Crippen molar-refractivity contribution in [2.75, 3.05) is 33.2 Å². The molecule has 0 bridgehead atoms. The standard InChI is InChI=1S/C21H24N4S/c1-24-11-13-25(14-12-24)23-16-21-22-15-20(26-21)19-9-7-18(8-10-19)17-5-3-2-4-6-17/h2-10,15,23H,11-14,16H2,1H3. The van der Waals surface area contributed by atoms with Crippen molar-refractivity contribution in [2.24, 2.45) is 0 Å². The Morgan fingerprint density at radius 2 is 1.54 bits per heavy atom. The van der Waals surface area contributed by atoms with E-state index in [1.54, 1.807) is 11.3 Å².